The first-order valence-electron chi connectivity index (χ1n) is 12.7. The summed E-state index contributed by atoms with van der Waals surface area (Å²) in [7, 11) is 4.55. The van der Waals surface area contributed by atoms with Gasteiger partial charge in [0.15, 0.2) is 11.5 Å². The molecule has 2 aliphatic rings. The summed E-state index contributed by atoms with van der Waals surface area (Å²) in [6, 6.07) is 10.2. The normalized spacial score (nSPS) is 20.2. The number of carbonyl (C=O) groups is 2. The molecule has 0 bridgehead atoms. The molecule has 4 N–H and O–H groups in total. The number of halogens is 1. The van der Waals surface area contributed by atoms with Crippen LogP contribution in [0.15, 0.2) is 36.4 Å². The fourth-order valence-corrected chi connectivity index (χ4v) is 5.54. The smallest absolute Gasteiger partial charge is 0.319 e. The van der Waals surface area contributed by atoms with Gasteiger partial charge in [0.1, 0.15) is 0 Å². The van der Waals surface area contributed by atoms with Gasteiger partial charge in [0, 0.05) is 36.3 Å². The standard InChI is InChI=1S/C27H36ClN5O5/c1-36-23-13-20(14-24(37-2)25(23)38-3)30-27(35)31-21-15-33(26(29)34)16-22(21)32-10-8-18(9-11-32)12-17-4-6-19(28)7-5-17/h4-7,13-14,18,21-22H,8-12,15-16H2,1-3H3,(H2,29,34)(H2,30,31,35)/t21-,22-/m0/s1. The Morgan fingerprint density at radius 3 is 2.18 bits per heavy atom. The van der Waals surface area contributed by atoms with E-state index in [0.29, 0.717) is 41.9 Å². The lowest BCUT2D eigenvalue weighted by Gasteiger charge is -2.38. The van der Waals surface area contributed by atoms with Gasteiger partial charge in [0.2, 0.25) is 5.75 Å². The lowest BCUT2D eigenvalue weighted by Crippen LogP contribution is -2.54. The predicted molar refractivity (Wildman–Crippen MR) is 146 cm³/mol. The molecule has 0 aromatic heterocycles. The summed E-state index contributed by atoms with van der Waals surface area (Å²) >= 11 is 6.02. The summed E-state index contributed by atoms with van der Waals surface area (Å²) in [5.41, 5.74) is 7.38. The number of hydrogen-bond acceptors (Lipinski definition) is 6. The number of likely N-dealkylation sites (tertiary alicyclic amines) is 2. The van der Waals surface area contributed by atoms with Gasteiger partial charge >= 0.3 is 12.1 Å². The van der Waals surface area contributed by atoms with E-state index in [-0.39, 0.29) is 12.1 Å². The average Bonchev–Trinajstić information content (AvgIpc) is 3.33. The van der Waals surface area contributed by atoms with Crippen molar-refractivity contribution in [3.8, 4) is 17.2 Å². The Hall–Kier alpha value is -3.37. The van der Waals surface area contributed by atoms with Crippen LogP contribution < -0.4 is 30.6 Å². The molecule has 11 heteroatoms. The number of piperidine rings is 1. The summed E-state index contributed by atoms with van der Waals surface area (Å²) in [5.74, 6) is 1.88. The molecule has 2 aliphatic heterocycles. The molecule has 206 valence electrons. The summed E-state index contributed by atoms with van der Waals surface area (Å²) in [4.78, 5) is 29.0. The molecular formula is C27H36ClN5O5. The first-order chi connectivity index (χ1) is 18.3. The van der Waals surface area contributed by atoms with Crippen molar-refractivity contribution >= 4 is 29.4 Å². The van der Waals surface area contributed by atoms with Crippen LogP contribution in [-0.4, -0.2) is 81.5 Å². The van der Waals surface area contributed by atoms with E-state index in [2.05, 4.69) is 27.7 Å². The van der Waals surface area contributed by atoms with Crippen molar-refractivity contribution < 1.29 is 23.8 Å². The lowest BCUT2D eigenvalue weighted by molar-refractivity contribution is 0.123. The van der Waals surface area contributed by atoms with Crippen LogP contribution in [0.3, 0.4) is 0 Å². The maximum Gasteiger partial charge on any atom is 0.319 e. The van der Waals surface area contributed by atoms with Crippen molar-refractivity contribution in [1.82, 2.24) is 15.1 Å². The van der Waals surface area contributed by atoms with Gasteiger partial charge in [-0.25, -0.2) is 9.59 Å². The number of anilines is 1. The maximum atomic E-state index is 13.0. The van der Waals surface area contributed by atoms with Gasteiger partial charge < -0.3 is 35.5 Å². The number of nitrogens with two attached hydrogens (primary N) is 1. The molecular weight excluding hydrogens is 510 g/mol. The number of amides is 4. The molecule has 0 saturated carbocycles. The SMILES string of the molecule is COc1cc(NC(=O)N[C@H]2CN(C(N)=O)C[C@@H]2N2CCC(Cc3ccc(Cl)cc3)CC2)cc(OC)c1OC. The number of rotatable bonds is 8. The monoisotopic (exact) mass is 545 g/mol. The third kappa shape index (κ3) is 6.54. The van der Waals surface area contributed by atoms with Gasteiger partial charge in [-0.1, -0.05) is 23.7 Å². The van der Waals surface area contributed by atoms with E-state index in [9.17, 15) is 9.59 Å². The third-order valence-corrected chi connectivity index (χ3v) is 7.65. The fourth-order valence-electron chi connectivity index (χ4n) is 5.41. The second kappa shape index (κ2) is 12.4. The minimum absolute atomic E-state index is 0.0235. The Kier molecular flexibility index (Phi) is 9.06. The zero-order valence-corrected chi connectivity index (χ0v) is 22.8. The number of urea groups is 2. The highest BCUT2D eigenvalue weighted by Gasteiger charge is 2.40. The highest BCUT2D eigenvalue weighted by atomic mass is 35.5. The summed E-state index contributed by atoms with van der Waals surface area (Å²) < 4.78 is 16.1. The van der Waals surface area contributed by atoms with Crippen LogP contribution in [0.25, 0.3) is 0 Å². The molecule has 2 fully saturated rings. The minimum atomic E-state index is -0.484. The molecule has 0 spiro atoms. The Balaban J connectivity index is 1.39. The van der Waals surface area contributed by atoms with Gasteiger partial charge in [-0.2, -0.15) is 0 Å². The lowest BCUT2D eigenvalue weighted by atomic mass is 9.89. The van der Waals surface area contributed by atoms with Gasteiger partial charge in [0.25, 0.3) is 0 Å². The van der Waals surface area contributed by atoms with Crippen molar-refractivity contribution in [2.75, 3.05) is 52.8 Å². The number of primary amides is 1. The number of methoxy groups -OCH3 is 3. The van der Waals surface area contributed by atoms with Crippen molar-refractivity contribution in [2.24, 2.45) is 11.7 Å². The number of carbonyl (C=O) groups excluding carboxylic acids is 2. The fraction of sp³-hybridized carbons (Fsp3) is 0.481. The zero-order chi connectivity index (χ0) is 27.2. The van der Waals surface area contributed by atoms with E-state index < -0.39 is 12.1 Å². The molecule has 2 saturated heterocycles. The number of nitrogens with one attached hydrogen (secondary N) is 2. The summed E-state index contributed by atoms with van der Waals surface area (Å²) in [6.45, 7) is 2.62. The molecule has 0 aliphatic carbocycles. The van der Waals surface area contributed by atoms with Crippen LogP contribution >= 0.6 is 11.6 Å². The largest absolute Gasteiger partial charge is 0.493 e. The number of ether oxygens (including phenoxy) is 3. The molecule has 4 rings (SSSR count). The van der Waals surface area contributed by atoms with Crippen LogP contribution in [-0.2, 0) is 6.42 Å². The Morgan fingerprint density at radius 1 is 1.00 bits per heavy atom. The summed E-state index contributed by atoms with van der Waals surface area (Å²) in [6.07, 6.45) is 3.10. The van der Waals surface area contributed by atoms with Crippen LogP contribution in [0.2, 0.25) is 5.02 Å². The molecule has 2 aromatic rings. The van der Waals surface area contributed by atoms with Crippen molar-refractivity contribution in [2.45, 2.75) is 31.3 Å². The van der Waals surface area contributed by atoms with Gasteiger partial charge in [-0.15, -0.1) is 0 Å². The quantitative estimate of drug-likeness (QED) is 0.466. The van der Waals surface area contributed by atoms with E-state index in [1.807, 2.05) is 12.1 Å². The molecule has 10 nitrogen and oxygen atoms in total. The third-order valence-electron chi connectivity index (χ3n) is 7.40. The Morgan fingerprint density at radius 2 is 1.63 bits per heavy atom. The molecule has 2 aromatic carbocycles. The molecule has 2 heterocycles. The number of nitrogens with zero attached hydrogens (tertiary/aromatic N) is 2. The van der Waals surface area contributed by atoms with Crippen LogP contribution in [0, 0.1) is 5.92 Å². The van der Waals surface area contributed by atoms with E-state index in [1.54, 1.807) is 17.0 Å². The zero-order valence-electron chi connectivity index (χ0n) is 22.0. The molecule has 0 radical (unpaired) electrons. The minimum Gasteiger partial charge on any atom is -0.493 e. The maximum absolute atomic E-state index is 13.0. The van der Waals surface area contributed by atoms with E-state index in [4.69, 9.17) is 31.5 Å². The number of hydrogen-bond donors (Lipinski definition) is 3. The first kappa shape index (κ1) is 27.7. The van der Waals surface area contributed by atoms with Crippen molar-refractivity contribution in [3.63, 3.8) is 0 Å². The van der Waals surface area contributed by atoms with Crippen LogP contribution in [0.4, 0.5) is 15.3 Å². The second-order valence-electron chi connectivity index (χ2n) is 9.74. The van der Waals surface area contributed by atoms with Crippen molar-refractivity contribution in [3.05, 3.63) is 47.0 Å². The van der Waals surface area contributed by atoms with Gasteiger partial charge in [0.05, 0.1) is 33.1 Å². The van der Waals surface area contributed by atoms with E-state index >= 15 is 0 Å². The molecule has 0 unspecified atom stereocenters. The van der Waals surface area contributed by atoms with Gasteiger partial charge in [-0.05, 0) is 56.0 Å². The molecule has 4 amide bonds. The van der Waals surface area contributed by atoms with Crippen LogP contribution in [0.5, 0.6) is 17.2 Å². The summed E-state index contributed by atoms with van der Waals surface area (Å²) in [5, 5.41) is 6.65. The average molecular weight is 546 g/mol. The van der Waals surface area contributed by atoms with E-state index in [1.165, 1.54) is 26.9 Å². The second-order valence-corrected chi connectivity index (χ2v) is 10.2. The topological polar surface area (TPSA) is 118 Å². The highest BCUT2D eigenvalue weighted by molar-refractivity contribution is 6.30. The highest BCUT2D eigenvalue weighted by Crippen LogP contribution is 2.40. The van der Waals surface area contributed by atoms with E-state index in [0.717, 1.165) is 37.4 Å². The van der Waals surface area contributed by atoms with Crippen LogP contribution in [0.1, 0.15) is 18.4 Å². The molecule has 2 atom stereocenters. The predicted octanol–water partition coefficient (Wildman–Crippen LogP) is 3.57. The molecule has 38 heavy (non-hydrogen) atoms. The Bertz CT molecular complexity index is 1100. The van der Waals surface area contributed by atoms with Gasteiger partial charge in [-0.3, -0.25) is 4.90 Å². The Labute approximate surface area is 228 Å². The van der Waals surface area contributed by atoms with Crippen molar-refractivity contribution in [1.29, 1.82) is 0 Å². The number of benzene rings is 2. The first-order valence-corrected chi connectivity index (χ1v) is 13.1.